The van der Waals surface area contributed by atoms with E-state index in [4.69, 9.17) is 4.74 Å². The molecule has 9 nitrogen and oxygen atoms in total. The molecule has 4 rings (SSSR count). The summed E-state index contributed by atoms with van der Waals surface area (Å²) in [4.78, 5) is 32.9. The molecule has 0 unspecified atom stereocenters. The number of rotatable bonds is 6. The first kappa shape index (κ1) is 20.8. The fourth-order valence-corrected chi connectivity index (χ4v) is 4.62. The number of carbonyl (C=O) groups excluding carboxylic acids is 2. The van der Waals surface area contributed by atoms with Gasteiger partial charge in [0, 0.05) is 45.4 Å². The Hall–Kier alpha value is -2.49. The Labute approximate surface area is 175 Å². The van der Waals surface area contributed by atoms with Crippen molar-refractivity contribution in [1.82, 2.24) is 24.7 Å². The van der Waals surface area contributed by atoms with E-state index in [1.54, 1.807) is 37.5 Å². The van der Waals surface area contributed by atoms with Gasteiger partial charge in [-0.1, -0.05) is 0 Å². The molecule has 2 aromatic rings. The van der Waals surface area contributed by atoms with Crippen LogP contribution in [0.4, 0.5) is 0 Å². The van der Waals surface area contributed by atoms with E-state index in [2.05, 4.69) is 10.3 Å². The Balaban J connectivity index is 1.46. The van der Waals surface area contributed by atoms with Crippen LogP contribution in [0.3, 0.4) is 0 Å². The van der Waals surface area contributed by atoms with Crippen LogP contribution in [0.5, 0.6) is 0 Å². The summed E-state index contributed by atoms with van der Waals surface area (Å²) < 4.78 is 7.12. The summed E-state index contributed by atoms with van der Waals surface area (Å²) in [5.74, 6) is -0.149. The molecule has 0 bridgehead atoms. The second-order valence-corrected chi connectivity index (χ2v) is 8.07. The molecule has 2 heterocycles. The van der Waals surface area contributed by atoms with Crippen LogP contribution in [0.1, 0.15) is 23.2 Å². The largest absolute Gasteiger partial charge is 0.389 e. The predicted octanol–water partition coefficient (Wildman–Crippen LogP) is 0.0784. The first-order valence-electron chi connectivity index (χ1n) is 10.4. The number of likely N-dealkylation sites (N-methyl/N-ethyl adjacent to an activating group) is 1. The normalized spacial score (nSPS) is 24.9. The number of benzene rings is 1. The summed E-state index contributed by atoms with van der Waals surface area (Å²) in [6.45, 7) is 2.91. The van der Waals surface area contributed by atoms with E-state index in [0.29, 0.717) is 38.2 Å². The average molecular weight is 415 g/mol. The zero-order valence-electron chi connectivity index (χ0n) is 17.5. The summed E-state index contributed by atoms with van der Waals surface area (Å²) in [6, 6.07) is 5.13. The number of amides is 2. The number of aliphatic hydroxyl groups excluding tert-OH is 1. The van der Waals surface area contributed by atoms with Crippen LogP contribution in [0.2, 0.25) is 0 Å². The summed E-state index contributed by atoms with van der Waals surface area (Å²) in [5.41, 5.74) is 2.26. The van der Waals surface area contributed by atoms with Gasteiger partial charge >= 0.3 is 0 Å². The highest BCUT2D eigenvalue weighted by Crippen LogP contribution is 2.29. The Morgan fingerprint density at radius 3 is 3.00 bits per heavy atom. The highest BCUT2D eigenvalue weighted by molar-refractivity contribution is 5.97. The molecule has 9 heteroatoms. The van der Waals surface area contributed by atoms with Crippen molar-refractivity contribution in [2.75, 3.05) is 40.4 Å². The topological polar surface area (TPSA) is 99.9 Å². The molecule has 3 atom stereocenters. The van der Waals surface area contributed by atoms with Gasteiger partial charge in [0.25, 0.3) is 5.91 Å². The van der Waals surface area contributed by atoms with E-state index < -0.39 is 6.10 Å². The molecule has 2 aliphatic rings. The number of hydrogen-bond donors (Lipinski definition) is 2. The number of ether oxygens (including phenoxy) is 1. The Bertz CT molecular complexity index is 929. The first-order chi connectivity index (χ1) is 14.5. The minimum Gasteiger partial charge on any atom is -0.389 e. The molecule has 30 heavy (non-hydrogen) atoms. The summed E-state index contributed by atoms with van der Waals surface area (Å²) in [7, 11) is 3.40. The van der Waals surface area contributed by atoms with Gasteiger partial charge in [-0.2, -0.15) is 0 Å². The minimum absolute atomic E-state index is 0.0143. The van der Waals surface area contributed by atoms with E-state index in [0.717, 1.165) is 24.0 Å². The number of imidazole rings is 1. The number of carbonyl (C=O) groups is 2. The molecular formula is C21H29N5O4. The van der Waals surface area contributed by atoms with Gasteiger partial charge in [0.15, 0.2) is 0 Å². The highest BCUT2D eigenvalue weighted by Gasteiger charge is 2.42. The van der Waals surface area contributed by atoms with Crippen LogP contribution < -0.4 is 5.32 Å². The third-order valence-corrected chi connectivity index (χ3v) is 6.31. The fourth-order valence-electron chi connectivity index (χ4n) is 4.62. The number of hydrogen-bond acceptors (Lipinski definition) is 6. The lowest BCUT2D eigenvalue weighted by atomic mass is 10.1. The lowest BCUT2D eigenvalue weighted by Gasteiger charge is -2.35. The van der Waals surface area contributed by atoms with Gasteiger partial charge in [0.2, 0.25) is 5.91 Å². The van der Waals surface area contributed by atoms with E-state index in [-0.39, 0.29) is 23.9 Å². The highest BCUT2D eigenvalue weighted by atomic mass is 16.5. The molecule has 1 saturated carbocycles. The number of nitrogens with one attached hydrogen (secondary N) is 1. The summed E-state index contributed by atoms with van der Waals surface area (Å²) >= 11 is 0. The van der Waals surface area contributed by atoms with E-state index >= 15 is 0 Å². The monoisotopic (exact) mass is 415 g/mol. The third kappa shape index (κ3) is 3.92. The Kier molecular flexibility index (Phi) is 6.03. The van der Waals surface area contributed by atoms with Crippen LogP contribution >= 0.6 is 0 Å². The molecule has 2 N–H and O–H groups in total. The minimum atomic E-state index is -0.679. The first-order valence-corrected chi connectivity index (χ1v) is 10.4. The van der Waals surface area contributed by atoms with E-state index in [9.17, 15) is 14.7 Å². The maximum absolute atomic E-state index is 13.1. The van der Waals surface area contributed by atoms with Crippen LogP contribution in [-0.4, -0.2) is 94.9 Å². The SMILES string of the molecule is COCCn1cnc2cc(C(=O)N(C)[C@@H]3CC[C@@H](N4CCNC(=O)C4)[C@@H]3O)ccc21. The molecule has 1 aromatic heterocycles. The molecule has 1 aromatic carbocycles. The maximum Gasteiger partial charge on any atom is 0.254 e. The van der Waals surface area contributed by atoms with Crippen molar-refractivity contribution in [2.24, 2.45) is 0 Å². The number of methoxy groups -OCH3 is 1. The number of aliphatic hydroxyl groups is 1. The van der Waals surface area contributed by atoms with Crippen LogP contribution in [0.15, 0.2) is 24.5 Å². The van der Waals surface area contributed by atoms with Gasteiger partial charge in [-0.25, -0.2) is 4.98 Å². The summed E-state index contributed by atoms with van der Waals surface area (Å²) in [5, 5.41) is 13.7. The average Bonchev–Trinajstić information content (AvgIpc) is 3.34. The van der Waals surface area contributed by atoms with E-state index in [1.165, 1.54) is 0 Å². The second kappa shape index (κ2) is 8.71. The van der Waals surface area contributed by atoms with Crippen LogP contribution in [0, 0.1) is 0 Å². The van der Waals surface area contributed by atoms with Crippen molar-refractivity contribution in [2.45, 2.75) is 37.6 Å². The fraction of sp³-hybridized carbons (Fsp3) is 0.571. The maximum atomic E-state index is 13.1. The molecule has 1 saturated heterocycles. The predicted molar refractivity (Wildman–Crippen MR) is 111 cm³/mol. The van der Waals surface area contributed by atoms with Crippen molar-refractivity contribution >= 4 is 22.8 Å². The molecule has 1 aliphatic carbocycles. The lowest BCUT2D eigenvalue weighted by molar-refractivity contribution is -0.125. The van der Waals surface area contributed by atoms with Gasteiger partial charge in [-0.05, 0) is 31.0 Å². The molecular weight excluding hydrogens is 386 g/mol. The van der Waals surface area contributed by atoms with Gasteiger partial charge < -0.3 is 24.6 Å². The number of fused-ring (bicyclic) bond motifs is 1. The number of aromatic nitrogens is 2. The van der Waals surface area contributed by atoms with Gasteiger partial charge in [-0.3, -0.25) is 14.5 Å². The number of piperazine rings is 1. The zero-order chi connectivity index (χ0) is 21.3. The third-order valence-electron chi connectivity index (χ3n) is 6.31. The van der Waals surface area contributed by atoms with Crippen molar-refractivity contribution in [1.29, 1.82) is 0 Å². The molecule has 0 radical (unpaired) electrons. The number of nitrogens with zero attached hydrogens (tertiary/aromatic N) is 4. The van der Waals surface area contributed by atoms with Crippen LogP contribution in [0.25, 0.3) is 11.0 Å². The van der Waals surface area contributed by atoms with Crippen molar-refractivity contribution in [3.05, 3.63) is 30.1 Å². The van der Waals surface area contributed by atoms with Crippen LogP contribution in [-0.2, 0) is 16.1 Å². The molecule has 1 aliphatic heterocycles. The van der Waals surface area contributed by atoms with Gasteiger partial charge in [-0.15, -0.1) is 0 Å². The standard InChI is InChI=1S/C21H29N5O4/c1-24(17-5-6-18(20(17)28)25-8-7-22-19(27)12-25)21(29)14-3-4-16-15(11-14)23-13-26(16)9-10-30-2/h3-4,11,13,17-18,20,28H,5-10,12H2,1-2H3,(H,22,27)/t17-,18-,20-/m1/s1. The molecule has 0 spiro atoms. The Morgan fingerprint density at radius 2 is 2.23 bits per heavy atom. The smallest absolute Gasteiger partial charge is 0.254 e. The summed E-state index contributed by atoms with van der Waals surface area (Å²) in [6.07, 6.45) is 2.54. The quantitative estimate of drug-likeness (QED) is 0.693. The Morgan fingerprint density at radius 1 is 1.40 bits per heavy atom. The van der Waals surface area contributed by atoms with Crippen molar-refractivity contribution < 1.29 is 19.4 Å². The molecule has 2 fully saturated rings. The molecule has 2 amide bonds. The second-order valence-electron chi connectivity index (χ2n) is 8.07. The van der Waals surface area contributed by atoms with Gasteiger partial charge in [0.1, 0.15) is 0 Å². The van der Waals surface area contributed by atoms with Gasteiger partial charge in [0.05, 0.1) is 42.7 Å². The lowest BCUT2D eigenvalue weighted by Crippen LogP contribution is -2.55. The van der Waals surface area contributed by atoms with Crippen molar-refractivity contribution in [3.8, 4) is 0 Å². The van der Waals surface area contributed by atoms with Crippen molar-refractivity contribution in [3.63, 3.8) is 0 Å². The van der Waals surface area contributed by atoms with E-state index in [1.807, 2.05) is 15.5 Å². The zero-order valence-corrected chi connectivity index (χ0v) is 17.5. The molecule has 162 valence electrons.